The lowest BCUT2D eigenvalue weighted by Gasteiger charge is -2.22. The maximum absolute atomic E-state index is 4.53. The Morgan fingerprint density at radius 1 is 1.19 bits per heavy atom. The van der Waals surface area contributed by atoms with E-state index in [0.29, 0.717) is 0 Å². The lowest BCUT2D eigenvalue weighted by atomic mass is 9.82. The first kappa shape index (κ1) is 10.1. The Kier molecular flexibility index (Phi) is 2.54. The quantitative estimate of drug-likeness (QED) is 0.723. The van der Waals surface area contributed by atoms with Crippen molar-refractivity contribution in [2.45, 2.75) is 32.6 Å². The molecule has 2 unspecified atom stereocenters. The summed E-state index contributed by atoms with van der Waals surface area (Å²) < 4.78 is 0. The summed E-state index contributed by atoms with van der Waals surface area (Å²) in [6, 6.07) is 1.96. The van der Waals surface area contributed by atoms with E-state index in [1.807, 2.05) is 19.2 Å². The number of aryl methyl sites for hydroxylation is 1. The molecule has 0 aromatic carbocycles. The minimum absolute atomic E-state index is 0.901. The van der Waals surface area contributed by atoms with Crippen molar-refractivity contribution in [1.29, 1.82) is 0 Å². The molecule has 1 aromatic rings. The van der Waals surface area contributed by atoms with Gasteiger partial charge in [0.25, 0.3) is 0 Å². The molecule has 0 spiro atoms. The highest BCUT2D eigenvalue weighted by molar-refractivity contribution is 5.32. The third kappa shape index (κ3) is 1.79. The number of fused-ring (bicyclic) bond motifs is 1. The van der Waals surface area contributed by atoms with E-state index in [2.05, 4.69) is 14.9 Å². The molecule has 3 heteroatoms. The van der Waals surface area contributed by atoms with Crippen LogP contribution in [0, 0.1) is 18.8 Å². The van der Waals surface area contributed by atoms with Gasteiger partial charge in [-0.3, -0.25) is 0 Å². The molecule has 0 radical (unpaired) electrons. The van der Waals surface area contributed by atoms with Crippen LogP contribution in [0.4, 0.5) is 5.95 Å². The molecule has 2 heterocycles. The minimum Gasteiger partial charge on any atom is -0.340 e. The zero-order valence-corrected chi connectivity index (χ0v) is 9.89. The van der Waals surface area contributed by atoms with Crippen molar-refractivity contribution in [3.8, 4) is 0 Å². The largest absolute Gasteiger partial charge is 0.340 e. The van der Waals surface area contributed by atoms with E-state index in [1.54, 1.807) is 0 Å². The predicted molar refractivity (Wildman–Crippen MR) is 64.4 cm³/mol. The Morgan fingerprint density at radius 3 is 2.50 bits per heavy atom. The molecule has 0 N–H and O–H groups in total. The second kappa shape index (κ2) is 4.04. The van der Waals surface area contributed by atoms with Crippen LogP contribution in [0.3, 0.4) is 0 Å². The first-order valence-corrected chi connectivity index (χ1v) is 6.37. The molecule has 86 valence electrons. The standard InChI is InChI=1S/C13H19N3/c1-10-6-7-14-13(15-10)16-8-11-4-2-3-5-12(11)9-16/h6-7,11-12H,2-5,8-9H2,1H3. The fraction of sp³-hybridized carbons (Fsp3) is 0.692. The highest BCUT2D eigenvalue weighted by Crippen LogP contribution is 2.36. The van der Waals surface area contributed by atoms with Crippen LogP contribution in [-0.2, 0) is 0 Å². The molecule has 2 atom stereocenters. The molecule has 2 aliphatic rings. The summed E-state index contributed by atoms with van der Waals surface area (Å²) in [5, 5.41) is 0. The van der Waals surface area contributed by atoms with Crippen molar-refractivity contribution in [2.75, 3.05) is 18.0 Å². The Balaban J connectivity index is 1.77. The zero-order chi connectivity index (χ0) is 11.0. The number of aromatic nitrogens is 2. The van der Waals surface area contributed by atoms with Crippen LogP contribution in [0.5, 0.6) is 0 Å². The van der Waals surface area contributed by atoms with Gasteiger partial charge in [0, 0.05) is 25.0 Å². The lowest BCUT2D eigenvalue weighted by molar-refractivity contribution is 0.299. The normalized spacial score (nSPS) is 29.2. The summed E-state index contributed by atoms with van der Waals surface area (Å²) in [4.78, 5) is 11.3. The van der Waals surface area contributed by atoms with Crippen LogP contribution < -0.4 is 4.90 Å². The second-order valence-corrected chi connectivity index (χ2v) is 5.21. The van der Waals surface area contributed by atoms with Gasteiger partial charge >= 0.3 is 0 Å². The predicted octanol–water partition coefficient (Wildman–Crippen LogP) is 2.41. The summed E-state index contributed by atoms with van der Waals surface area (Å²) in [5.41, 5.74) is 1.07. The molecule has 1 aliphatic heterocycles. The molecule has 3 rings (SSSR count). The number of anilines is 1. The molecule has 16 heavy (non-hydrogen) atoms. The maximum Gasteiger partial charge on any atom is 0.225 e. The summed E-state index contributed by atoms with van der Waals surface area (Å²) in [6.45, 7) is 4.39. The highest BCUT2D eigenvalue weighted by atomic mass is 15.3. The number of hydrogen-bond acceptors (Lipinski definition) is 3. The van der Waals surface area contributed by atoms with Gasteiger partial charge in [0.15, 0.2) is 0 Å². The van der Waals surface area contributed by atoms with Crippen LogP contribution in [0.25, 0.3) is 0 Å². The molecule has 1 saturated carbocycles. The van der Waals surface area contributed by atoms with Gasteiger partial charge in [0.2, 0.25) is 5.95 Å². The van der Waals surface area contributed by atoms with Crippen LogP contribution in [-0.4, -0.2) is 23.1 Å². The van der Waals surface area contributed by atoms with Crippen molar-refractivity contribution in [2.24, 2.45) is 11.8 Å². The first-order valence-electron chi connectivity index (χ1n) is 6.37. The summed E-state index contributed by atoms with van der Waals surface area (Å²) in [7, 11) is 0. The highest BCUT2D eigenvalue weighted by Gasteiger charge is 2.35. The zero-order valence-electron chi connectivity index (χ0n) is 9.89. The van der Waals surface area contributed by atoms with Gasteiger partial charge in [-0.2, -0.15) is 0 Å². The fourth-order valence-corrected chi connectivity index (χ4v) is 3.16. The van der Waals surface area contributed by atoms with Gasteiger partial charge in [0.05, 0.1) is 0 Å². The van der Waals surface area contributed by atoms with Gasteiger partial charge in [-0.1, -0.05) is 12.8 Å². The van der Waals surface area contributed by atoms with E-state index in [-0.39, 0.29) is 0 Å². The van der Waals surface area contributed by atoms with Gasteiger partial charge < -0.3 is 4.90 Å². The molecular formula is C13H19N3. The van der Waals surface area contributed by atoms with Crippen LogP contribution in [0.15, 0.2) is 12.3 Å². The van der Waals surface area contributed by atoms with Crippen molar-refractivity contribution in [1.82, 2.24) is 9.97 Å². The van der Waals surface area contributed by atoms with Crippen molar-refractivity contribution in [3.05, 3.63) is 18.0 Å². The molecule has 1 aromatic heterocycles. The van der Waals surface area contributed by atoms with Gasteiger partial charge in [-0.25, -0.2) is 9.97 Å². The van der Waals surface area contributed by atoms with Crippen LogP contribution in [0.2, 0.25) is 0 Å². The van der Waals surface area contributed by atoms with E-state index >= 15 is 0 Å². The molecule has 1 saturated heterocycles. The Bertz CT molecular complexity index is 363. The number of rotatable bonds is 1. The molecular weight excluding hydrogens is 198 g/mol. The van der Waals surface area contributed by atoms with E-state index in [4.69, 9.17) is 0 Å². The van der Waals surface area contributed by atoms with Crippen molar-refractivity contribution in [3.63, 3.8) is 0 Å². The number of hydrogen-bond donors (Lipinski definition) is 0. The minimum atomic E-state index is 0.901. The molecule has 3 nitrogen and oxygen atoms in total. The SMILES string of the molecule is Cc1ccnc(N2CC3CCCCC3C2)n1. The van der Waals surface area contributed by atoms with E-state index < -0.39 is 0 Å². The summed E-state index contributed by atoms with van der Waals surface area (Å²) >= 11 is 0. The third-order valence-electron chi connectivity index (χ3n) is 4.04. The fourth-order valence-electron chi connectivity index (χ4n) is 3.16. The van der Waals surface area contributed by atoms with E-state index in [1.165, 1.54) is 38.8 Å². The summed E-state index contributed by atoms with van der Waals surface area (Å²) in [5.74, 6) is 2.74. The second-order valence-electron chi connectivity index (χ2n) is 5.21. The average molecular weight is 217 g/mol. The monoisotopic (exact) mass is 217 g/mol. The van der Waals surface area contributed by atoms with Crippen molar-refractivity contribution < 1.29 is 0 Å². The number of nitrogens with zero attached hydrogens (tertiary/aromatic N) is 3. The first-order chi connectivity index (χ1) is 7.83. The van der Waals surface area contributed by atoms with Crippen LogP contribution >= 0.6 is 0 Å². The van der Waals surface area contributed by atoms with E-state index in [9.17, 15) is 0 Å². The molecule has 0 amide bonds. The summed E-state index contributed by atoms with van der Waals surface area (Å²) in [6.07, 6.45) is 7.53. The molecule has 1 aliphatic carbocycles. The maximum atomic E-state index is 4.53. The average Bonchev–Trinajstić information content (AvgIpc) is 2.72. The van der Waals surface area contributed by atoms with Gasteiger partial charge in [0.1, 0.15) is 0 Å². The topological polar surface area (TPSA) is 29.0 Å². The van der Waals surface area contributed by atoms with Crippen molar-refractivity contribution >= 4 is 5.95 Å². The van der Waals surface area contributed by atoms with Gasteiger partial charge in [-0.05, 0) is 37.7 Å². The van der Waals surface area contributed by atoms with Gasteiger partial charge in [-0.15, -0.1) is 0 Å². The third-order valence-corrected chi connectivity index (χ3v) is 4.04. The Hall–Kier alpha value is -1.12. The smallest absolute Gasteiger partial charge is 0.225 e. The lowest BCUT2D eigenvalue weighted by Crippen LogP contribution is -2.22. The Labute approximate surface area is 96.9 Å². The Morgan fingerprint density at radius 2 is 1.88 bits per heavy atom. The molecule has 2 fully saturated rings. The molecule has 0 bridgehead atoms. The van der Waals surface area contributed by atoms with Crippen LogP contribution in [0.1, 0.15) is 31.4 Å². The van der Waals surface area contributed by atoms with E-state index in [0.717, 1.165) is 23.5 Å².